The fourth-order valence-electron chi connectivity index (χ4n) is 0.881. The van der Waals surface area contributed by atoms with Crippen LogP contribution in [0.5, 0.6) is 5.75 Å². The lowest BCUT2D eigenvalue weighted by molar-refractivity contribution is 0.405. The molecule has 0 radical (unpaired) electrons. The summed E-state index contributed by atoms with van der Waals surface area (Å²) in [5.74, 6) is -0.370. The Balaban J connectivity index is 3.22. The SMILES string of the molecule is COc1cc(B(O)O)cc(F)c1Br. The van der Waals surface area contributed by atoms with Crippen LogP contribution in [0.25, 0.3) is 0 Å². The highest BCUT2D eigenvalue weighted by molar-refractivity contribution is 9.10. The maximum absolute atomic E-state index is 13.0. The van der Waals surface area contributed by atoms with Gasteiger partial charge in [-0.25, -0.2) is 4.39 Å². The highest BCUT2D eigenvalue weighted by atomic mass is 79.9. The van der Waals surface area contributed by atoms with Gasteiger partial charge in [0.1, 0.15) is 11.6 Å². The summed E-state index contributed by atoms with van der Waals surface area (Å²) in [5, 5.41) is 17.6. The second kappa shape index (κ2) is 4.08. The average Bonchev–Trinajstić information content (AvgIpc) is 2.09. The van der Waals surface area contributed by atoms with Crippen LogP contribution in [0.4, 0.5) is 4.39 Å². The molecule has 0 fully saturated rings. The van der Waals surface area contributed by atoms with Crippen LogP contribution < -0.4 is 10.2 Å². The van der Waals surface area contributed by atoms with Crippen molar-refractivity contribution in [3.63, 3.8) is 0 Å². The predicted molar refractivity (Wildman–Crippen MR) is 50.5 cm³/mol. The number of halogens is 2. The minimum absolute atomic E-state index is 0.0533. The standard InChI is InChI=1S/C7H7BBrFO3/c1-13-6-3-4(8(11)12)2-5(10)7(6)9/h2-3,11-12H,1H3. The molecule has 0 aliphatic heterocycles. The van der Waals surface area contributed by atoms with Crippen molar-refractivity contribution < 1.29 is 19.2 Å². The van der Waals surface area contributed by atoms with E-state index in [1.807, 2.05) is 0 Å². The number of ether oxygens (including phenoxy) is 1. The maximum atomic E-state index is 13.0. The summed E-state index contributed by atoms with van der Waals surface area (Å²) in [6, 6.07) is 2.37. The van der Waals surface area contributed by atoms with Crippen molar-refractivity contribution in [3.05, 3.63) is 22.4 Å². The van der Waals surface area contributed by atoms with Gasteiger partial charge in [-0.15, -0.1) is 0 Å². The van der Waals surface area contributed by atoms with E-state index in [9.17, 15) is 4.39 Å². The Labute approximate surface area is 83.4 Å². The van der Waals surface area contributed by atoms with Crippen molar-refractivity contribution in [2.75, 3.05) is 7.11 Å². The smallest absolute Gasteiger partial charge is 0.488 e. The van der Waals surface area contributed by atoms with Crippen molar-refractivity contribution in [1.29, 1.82) is 0 Å². The van der Waals surface area contributed by atoms with Crippen LogP contribution in [-0.4, -0.2) is 24.3 Å². The molecular formula is C7H7BBrFO3. The third kappa shape index (κ3) is 2.21. The van der Waals surface area contributed by atoms with Crippen molar-refractivity contribution in [3.8, 4) is 5.75 Å². The van der Waals surface area contributed by atoms with E-state index in [0.29, 0.717) is 0 Å². The monoisotopic (exact) mass is 248 g/mol. The fraction of sp³-hybridized carbons (Fsp3) is 0.143. The molecule has 0 aliphatic carbocycles. The Hall–Kier alpha value is -0.585. The van der Waals surface area contributed by atoms with Crippen molar-refractivity contribution in [1.82, 2.24) is 0 Å². The van der Waals surface area contributed by atoms with Gasteiger partial charge >= 0.3 is 7.12 Å². The molecule has 0 amide bonds. The topological polar surface area (TPSA) is 49.7 Å². The van der Waals surface area contributed by atoms with Gasteiger partial charge in [0.05, 0.1) is 11.6 Å². The van der Waals surface area contributed by atoms with Crippen LogP contribution in [0.2, 0.25) is 0 Å². The normalized spacial score (nSPS) is 9.92. The quantitative estimate of drug-likeness (QED) is 0.740. The number of hydrogen-bond acceptors (Lipinski definition) is 3. The lowest BCUT2D eigenvalue weighted by Crippen LogP contribution is -2.30. The molecule has 1 rings (SSSR count). The molecule has 0 bridgehead atoms. The number of benzene rings is 1. The van der Waals surface area contributed by atoms with Crippen LogP contribution in [0.1, 0.15) is 0 Å². The summed E-state index contributed by atoms with van der Waals surface area (Å²) in [5.41, 5.74) is 0.0533. The first-order valence-corrected chi connectivity index (χ1v) is 4.24. The largest absolute Gasteiger partial charge is 0.495 e. The van der Waals surface area contributed by atoms with Gasteiger partial charge in [-0.05, 0) is 33.5 Å². The second-order valence-electron chi connectivity index (χ2n) is 2.39. The van der Waals surface area contributed by atoms with Crippen LogP contribution >= 0.6 is 15.9 Å². The first kappa shape index (κ1) is 10.5. The van der Waals surface area contributed by atoms with E-state index >= 15 is 0 Å². The first-order valence-electron chi connectivity index (χ1n) is 3.45. The molecule has 2 N–H and O–H groups in total. The third-order valence-electron chi connectivity index (χ3n) is 1.54. The van der Waals surface area contributed by atoms with Crippen LogP contribution in [0.15, 0.2) is 16.6 Å². The molecule has 6 heteroatoms. The van der Waals surface area contributed by atoms with Gasteiger partial charge < -0.3 is 14.8 Å². The lowest BCUT2D eigenvalue weighted by atomic mass is 9.80. The number of methoxy groups -OCH3 is 1. The zero-order valence-electron chi connectivity index (χ0n) is 6.79. The number of hydrogen-bond donors (Lipinski definition) is 2. The Morgan fingerprint density at radius 2 is 2.08 bits per heavy atom. The first-order chi connectivity index (χ1) is 6.06. The summed E-state index contributed by atoms with van der Waals surface area (Å²) in [6.07, 6.45) is 0. The van der Waals surface area contributed by atoms with E-state index in [-0.39, 0.29) is 15.7 Å². The summed E-state index contributed by atoms with van der Waals surface area (Å²) >= 11 is 2.96. The van der Waals surface area contributed by atoms with E-state index in [1.54, 1.807) is 0 Å². The Kier molecular flexibility index (Phi) is 3.30. The molecule has 0 heterocycles. The molecular weight excluding hydrogens is 242 g/mol. The fourth-order valence-corrected chi connectivity index (χ4v) is 1.27. The van der Waals surface area contributed by atoms with Gasteiger partial charge in [-0.1, -0.05) is 0 Å². The Morgan fingerprint density at radius 3 is 2.54 bits per heavy atom. The maximum Gasteiger partial charge on any atom is 0.488 e. The summed E-state index contributed by atoms with van der Waals surface area (Å²) in [6.45, 7) is 0. The average molecular weight is 249 g/mol. The molecule has 0 saturated carbocycles. The molecule has 1 aromatic rings. The van der Waals surface area contributed by atoms with Gasteiger partial charge in [0.25, 0.3) is 0 Å². The predicted octanol–water partition coefficient (Wildman–Crippen LogP) is 0.277. The van der Waals surface area contributed by atoms with Gasteiger partial charge in [0.15, 0.2) is 0 Å². The third-order valence-corrected chi connectivity index (χ3v) is 2.30. The summed E-state index contributed by atoms with van der Waals surface area (Å²) in [7, 11) is -0.330. The zero-order chi connectivity index (χ0) is 10.0. The van der Waals surface area contributed by atoms with E-state index < -0.39 is 12.9 Å². The van der Waals surface area contributed by atoms with Gasteiger partial charge in [0.2, 0.25) is 0 Å². The van der Waals surface area contributed by atoms with Crippen molar-refractivity contribution in [2.24, 2.45) is 0 Å². The van der Waals surface area contributed by atoms with E-state index in [4.69, 9.17) is 14.8 Å². The molecule has 0 atom stereocenters. The summed E-state index contributed by atoms with van der Waals surface area (Å²) in [4.78, 5) is 0. The Morgan fingerprint density at radius 1 is 1.46 bits per heavy atom. The van der Waals surface area contributed by atoms with Crippen LogP contribution in [-0.2, 0) is 0 Å². The highest BCUT2D eigenvalue weighted by Crippen LogP contribution is 2.25. The second-order valence-corrected chi connectivity index (χ2v) is 3.19. The minimum Gasteiger partial charge on any atom is -0.495 e. The lowest BCUT2D eigenvalue weighted by Gasteiger charge is -2.06. The Bertz CT molecular complexity index is 319. The highest BCUT2D eigenvalue weighted by Gasteiger charge is 2.16. The van der Waals surface area contributed by atoms with Gasteiger partial charge in [-0.3, -0.25) is 0 Å². The number of rotatable bonds is 2. The van der Waals surface area contributed by atoms with E-state index in [0.717, 1.165) is 6.07 Å². The molecule has 13 heavy (non-hydrogen) atoms. The molecule has 0 saturated heterocycles. The van der Waals surface area contributed by atoms with Crippen LogP contribution in [0.3, 0.4) is 0 Å². The van der Waals surface area contributed by atoms with E-state index in [1.165, 1.54) is 13.2 Å². The van der Waals surface area contributed by atoms with Crippen LogP contribution in [0, 0.1) is 5.82 Å². The van der Waals surface area contributed by atoms with Gasteiger partial charge in [0, 0.05) is 0 Å². The van der Waals surface area contributed by atoms with Crippen molar-refractivity contribution in [2.45, 2.75) is 0 Å². The van der Waals surface area contributed by atoms with Gasteiger partial charge in [-0.2, -0.15) is 0 Å². The molecule has 70 valence electrons. The molecule has 1 aromatic carbocycles. The molecule has 0 spiro atoms. The molecule has 0 unspecified atom stereocenters. The molecule has 3 nitrogen and oxygen atoms in total. The van der Waals surface area contributed by atoms with Crippen molar-refractivity contribution >= 4 is 28.5 Å². The molecule has 0 aromatic heterocycles. The van der Waals surface area contributed by atoms with E-state index in [2.05, 4.69) is 15.9 Å². The minimum atomic E-state index is -1.70. The zero-order valence-corrected chi connectivity index (χ0v) is 8.38. The molecule has 0 aliphatic rings. The summed E-state index contributed by atoms with van der Waals surface area (Å²) < 4.78 is 18.0.